The molecule has 0 saturated heterocycles. The number of aryl methyl sites for hydroxylation is 1. The van der Waals surface area contributed by atoms with Gasteiger partial charge in [-0.2, -0.15) is 0 Å². The maximum absolute atomic E-state index is 10.5. The molecular formula is C20H25ClN2O. The lowest BCUT2D eigenvalue weighted by atomic mass is 9.77. The van der Waals surface area contributed by atoms with Gasteiger partial charge >= 0.3 is 0 Å². The number of aliphatic hydroxyl groups excluding tert-OH is 1. The number of nitrogens with two attached hydrogens (primary N) is 1. The fourth-order valence-electron chi connectivity index (χ4n) is 3.89. The number of aromatic nitrogens is 1. The van der Waals surface area contributed by atoms with E-state index in [9.17, 15) is 5.11 Å². The molecule has 1 aliphatic rings. The van der Waals surface area contributed by atoms with Gasteiger partial charge in [0, 0.05) is 28.4 Å². The van der Waals surface area contributed by atoms with Gasteiger partial charge in [0.1, 0.15) is 0 Å². The molecule has 0 radical (unpaired) electrons. The minimum atomic E-state index is -0.430. The van der Waals surface area contributed by atoms with Gasteiger partial charge in [-0.1, -0.05) is 30.7 Å². The standard InChI is InChI=1S/C20H24N2O.ClH/c1-2-22-17-9-4-3-8-15(17)16-12-14(10-11-18(16)22)19(21)20(23)13-6-5-7-13;/h3-4,8-13,19-20,23H,2,5-7,21H2,1H3;1H/t19-,20+;/m0./s1. The summed E-state index contributed by atoms with van der Waals surface area (Å²) in [7, 11) is 0. The Morgan fingerprint density at radius 1 is 1.12 bits per heavy atom. The molecule has 0 bridgehead atoms. The minimum Gasteiger partial charge on any atom is -0.391 e. The first kappa shape index (κ1) is 17.3. The van der Waals surface area contributed by atoms with Crippen LogP contribution in [0.2, 0.25) is 0 Å². The van der Waals surface area contributed by atoms with Crippen molar-refractivity contribution in [2.45, 2.75) is 44.9 Å². The van der Waals surface area contributed by atoms with E-state index in [2.05, 4.69) is 54.0 Å². The average Bonchev–Trinajstić information content (AvgIpc) is 2.85. The molecule has 4 heteroatoms. The van der Waals surface area contributed by atoms with Crippen molar-refractivity contribution in [3.8, 4) is 0 Å². The summed E-state index contributed by atoms with van der Waals surface area (Å²) in [5.74, 6) is 0.373. The van der Waals surface area contributed by atoms with Crippen molar-refractivity contribution in [2.24, 2.45) is 11.7 Å². The Balaban J connectivity index is 0.00000169. The van der Waals surface area contributed by atoms with E-state index in [1.807, 2.05) is 0 Å². The Bertz CT molecular complexity index is 853. The zero-order valence-electron chi connectivity index (χ0n) is 14.0. The van der Waals surface area contributed by atoms with Crippen LogP contribution in [0.3, 0.4) is 0 Å². The molecule has 4 rings (SSSR count). The van der Waals surface area contributed by atoms with E-state index in [0.717, 1.165) is 24.9 Å². The normalized spacial score (nSPS) is 17.5. The van der Waals surface area contributed by atoms with Gasteiger partial charge in [0.2, 0.25) is 0 Å². The van der Waals surface area contributed by atoms with Crippen LogP contribution in [0.4, 0.5) is 0 Å². The summed E-state index contributed by atoms with van der Waals surface area (Å²) in [6.07, 6.45) is 3.00. The van der Waals surface area contributed by atoms with E-state index in [4.69, 9.17) is 5.73 Å². The zero-order chi connectivity index (χ0) is 16.0. The molecule has 2 atom stereocenters. The molecule has 1 fully saturated rings. The first-order valence-corrected chi connectivity index (χ1v) is 8.65. The van der Waals surface area contributed by atoms with Crippen LogP contribution in [0.15, 0.2) is 42.5 Å². The molecule has 1 aromatic heterocycles. The van der Waals surface area contributed by atoms with Crippen molar-refractivity contribution in [3.63, 3.8) is 0 Å². The van der Waals surface area contributed by atoms with Crippen molar-refractivity contribution in [1.82, 2.24) is 4.57 Å². The third-order valence-electron chi connectivity index (χ3n) is 5.50. The van der Waals surface area contributed by atoms with Gasteiger partial charge in [0.15, 0.2) is 0 Å². The predicted octanol–water partition coefficient (Wildman–Crippen LogP) is 4.40. The van der Waals surface area contributed by atoms with Crippen LogP contribution in [0.1, 0.15) is 37.8 Å². The summed E-state index contributed by atoms with van der Waals surface area (Å²) in [5.41, 5.74) is 9.90. The molecule has 1 heterocycles. The minimum absolute atomic E-state index is 0. The third-order valence-corrected chi connectivity index (χ3v) is 5.50. The maximum atomic E-state index is 10.5. The van der Waals surface area contributed by atoms with Crippen molar-refractivity contribution in [1.29, 1.82) is 0 Å². The number of rotatable bonds is 4. The van der Waals surface area contributed by atoms with Crippen LogP contribution in [0.5, 0.6) is 0 Å². The van der Waals surface area contributed by atoms with Crippen LogP contribution >= 0.6 is 12.4 Å². The molecule has 128 valence electrons. The lowest BCUT2D eigenvalue weighted by molar-refractivity contribution is 0.0414. The lowest BCUT2D eigenvalue weighted by Gasteiger charge is -2.33. The van der Waals surface area contributed by atoms with Gasteiger partial charge in [-0.25, -0.2) is 0 Å². The van der Waals surface area contributed by atoms with Gasteiger partial charge < -0.3 is 15.4 Å². The number of nitrogens with zero attached hydrogens (tertiary/aromatic N) is 1. The zero-order valence-corrected chi connectivity index (χ0v) is 14.8. The molecule has 0 aliphatic heterocycles. The summed E-state index contributed by atoms with van der Waals surface area (Å²) in [6, 6.07) is 14.6. The average molecular weight is 345 g/mol. The number of hydrogen-bond donors (Lipinski definition) is 2. The quantitative estimate of drug-likeness (QED) is 0.737. The molecule has 2 aromatic carbocycles. The summed E-state index contributed by atoms with van der Waals surface area (Å²) in [4.78, 5) is 0. The highest BCUT2D eigenvalue weighted by molar-refractivity contribution is 6.08. The lowest BCUT2D eigenvalue weighted by Crippen LogP contribution is -2.36. The Morgan fingerprint density at radius 2 is 1.83 bits per heavy atom. The topological polar surface area (TPSA) is 51.2 Å². The highest BCUT2D eigenvalue weighted by Crippen LogP contribution is 2.36. The highest BCUT2D eigenvalue weighted by atomic mass is 35.5. The number of benzene rings is 2. The van der Waals surface area contributed by atoms with Gasteiger partial charge in [-0.3, -0.25) is 0 Å². The van der Waals surface area contributed by atoms with Crippen molar-refractivity contribution in [3.05, 3.63) is 48.0 Å². The van der Waals surface area contributed by atoms with E-state index >= 15 is 0 Å². The summed E-state index contributed by atoms with van der Waals surface area (Å²) >= 11 is 0. The third kappa shape index (κ3) is 2.61. The molecule has 24 heavy (non-hydrogen) atoms. The first-order valence-electron chi connectivity index (χ1n) is 8.65. The van der Waals surface area contributed by atoms with Gasteiger partial charge in [0.25, 0.3) is 0 Å². The predicted molar refractivity (Wildman–Crippen MR) is 103 cm³/mol. The Hall–Kier alpha value is -1.55. The first-order chi connectivity index (χ1) is 11.2. The van der Waals surface area contributed by atoms with Crippen molar-refractivity contribution >= 4 is 34.2 Å². The fraction of sp³-hybridized carbons (Fsp3) is 0.400. The number of hydrogen-bond acceptors (Lipinski definition) is 2. The van der Waals surface area contributed by atoms with E-state index in [0.29, 0.717) is 5.92 Å². The highest BCUT2D eigenvalue weighted by Gasteiger charge is 2.30. The Labute approximate surface area is 148 Å². The molecule has 3 N–H and O–H groups in total. The molecular weight excluding hydrogens is 320 g/mol. The van der Waals surface area contributed by atoms with Gasteiger partial charge in [0.05, 0.1) is 12.1 Å². The SMILES string of the molecule is CCn1c2ccccc2c2cc([C@H](N)[C@H](O)C3CCC3)ccc21.Cl. The van der Waals surface area contributed by atoms with E-state index < -0.39 is 6.10 Å². The number of aliphatic hydroxyl groups is 1. The number of halogens is 1. The number of para-hydroxylation sites is 1. The second-order valence-corrected chi connectivity index (χ2v) is 6.75. The summed E-state index contributed by atoms with van der Waals surface area (Å²) in [6.45, 7) is 3.12. The van der Waals surface area contributed by atoms with Crippen LogP contribution in [0, 0.1) is 5.92 Å². The van der Waals surface area contributed by atoms with Gasteiger partial charge in [-0.15, -0.1) is 12.4 Å². The second kappa shape index (κ2) is 6.75. The maximum Gasteiger partial charge on any atom is 0.0760 e. The molecule has 0 unspecified atom stereocenters. The van der Waals surface area contributed by atoms with E-state index in [1.54, 1.807) is 0 Å². The van der Waals surface area contributed by atoms with Gasteiger partial charge in [-0.05, 0) is 49.4 Å². The Kier molecular flexibility index (Phi) is 4.86. The molecule has 3 aromatic rings. The molecule has 3 nitrogen and oxygen atoms in total. The van der Waals surface area contributed by atoms with Crippen molar-refractivity contribution in [2.75, 3.05) is 0 Å². The smallest absolute Gasteiger partial charge is 0.0760 e. The monoisotopic (exact) mass is 344 g/mol. The molecule has 0 spiro atoms. The van der Waals surface area contributed by atoms with Crippen LogP contribution in [-0.2, 0) is 6.54 Å². The van der Waals surface area contributed by atoms with Crippen LogP contribution in [0.25, 0.3) is 21.8 Å². The summed E-state index contributed by atoms with van der Waals surface area (Å²) < 4.78 is 2.34. The Morgan fingerprint density at radius 3 is 2.50 bits per heavy atom. The van der Waals surface area contributed by atoms with E-state index in [-0.39, 0.29) is 18.4 Å². The summed E-state index contributed by atoms with van der Waals surface area (Å²) in [5, 5.41) is 13.0. The molecule has 1 aliphatic carbocycles. The van der Waals surface area contributed by atoms with Crippen LogP contribution in [-0.4, -0.2) is 15.8 Å². The van der Waals surface area contributed by atoms with E-state index in [1.165, 1.54) is 28.2 Å². The second-order valence-electron chi connectivity index (χ2n) is 6.75. The van der Waals surface area contributed by atoms with Crippen molar-refractivity contribution < 1.29 is 5.11 Å². The van der Waals surface area contributed by atoms with Crippen LogP contribution < -0.4 is 5.73 Å². The largest absolute Gasteiger partial charge is 0.391 e. The number of fused-ring (bicyclic) bond motifs is 3. The molecule has 1 saturated carbocycles. The fourth-order valence-corrected chi connectivity index (χ4v) is 3.89. The molecule has 0 amide bonds.